The van der Waals surface area contributed by atoms with Gasteiger partial charge in [0.2, 0.25) is 0 Å². The summed E-state index contributed by atoms with van der Waals surface area (Å²) in [4.78, 5) is 4.25. The number of halogens is 1. The van der Waals surface area contributed by atoms with Gasteiger partial charge in [-0.1, -0.05) is 23.7 Å². The van der Waals surface area contributed by atoms with Gasteiger partial charge in [-0.3, -0.25) is 4.98 Å². The van der Waals surface area contributed by atoms with Crippen LogP contribution in [0.5, 0.6) is 5.75 Å². The van der Waals surface area contributed by atoms with E-state index in [1.807, 2.05) is 44.2 Å². The summed E-state index contributed by atoms with van der Waals surface area (Å²) in [6.07, 6.45) is 1.63. The molecule has 1 heterocycles. The van der Waals surface area contributed by atoms with Gasteiger partial charge in [0.05, 0.1) is 6.04 Å². The molecular formula is C15H17ClN2O. The van der Waals surface area contributed by atoms with Crippen LogP contribution in [0, 0.1) is 6.92 Å². The van der Waals surface area contributed by atoms with Gasteiger partial charge >= 0.3 is 0 Å². The number of rotatable bonds is 4. The van der Waals surface area contributed by atoms with Crippen LogP contribution in [0.3, 0.4) is 0 Å². The van der Waals surface area contributed by atoms with Crippen LogP contribution in [0.1, 0.15) is 24.2 Å². The number of ether oxygens (including phenoxy) is 1. The third-order valence-corrected chi connectivity index (χ3v) is 3.18. The molecule has 1 aromatic heterocycles. The first kappa shape index (κ1) is 13.8. The molecule has 2 unspecified atom stereocenters. The Labute approximate surface area is 118 Å². The molecule has 0 radical (unpaired) electrons. The molecule has 0 aliphatic carbocycles. The number of hydrogen-bond acceptors (Lipinski definition) is 3. The summed E-state index contributed by atoms with van der Waals surface area (Å²) in [6, 6.07) is 11.0. The van der Waals surface area contributed by atoms with Gasteiger partial charge in [0.25, 0.3) is 0 Å². The molecule has 4 heteroatoms. The van der Waals surface area contributed by atoms with Gasteiger partial charge in [0.1, 0.15) is 11.9 Å². The Balaban J connectivity index is 2.07. The molecule has 0 fully saturated rings. The van der Waals surface area contributed by atoms with E-state index in [0.717, 1.165) is 17.0 Å². The molecule has 0 aliphatic rings. The highest BCUT2D eigenvalue weighted by Gasteiger charge is 2.16. The summed E-state index contributed by atoms with van der Waals surface area (Å²) in [6.45, 7) is 3.88. The second-order valence-corrected chi connectivity index (χ2v) is 4.98. The van der Waals surface area contributed by atoms with Crippen LogP contribution in [0.2, 0.25) is 5.02 Å². The van der Waals surface area contributed by atoms with Gasteiger partial charge in [-0.25, -0.2) is 0 Å². The maximum atomic E-state index is 6.18. The van der Waals surface area contributed by atoms with Crippen molar-refractivity contribution in [2.75, 3.05) is 0 Å². The molecule has 3 nitrogen and oxygen atoms in total. The maximum absolute atomic E-state index is 6.18. The Morgan fingerprint density at radius 3 is 2.68 bits per heavy atom. The predicted molar refractivity (Wildman–Crippen MR) is 77.4 cm³/mol. The SMILES string of the molecule is Cc1ccc(C(N)C(C)Oc2cccc(Cl)c2)cn1. The Morgan fingerprint density at radius 2 is 2.05 bits per heavy atom. The molecule has 0 aliphatic heterocycles. The summed E-state index contributed by atoms with van der Waals surface area (Å²) in [7, 11) is 0. The van der Waals surface area contributed by atoms with E-state index >= 15 is 0 Å². The fraction of sp³-hybridized carbons (Fsp3) is 0.267. The van der Waals surface area contributed by atoms with Crippen molar-refractivity contribution < 1.29 is 4.74 Å². The molecule has 0 bridgehead atoms. The molecule has 0 spiro atoms. The van der Waals surface area contributed by atoms with Crippen molar-refractivity contribution in [3.8, 4) is 5.75 Å². The van der Waals surface area contributed by atoms with E-state index in [1.165, 1.54) is 0 Å². The van der Waals surface area contributed by atoms with E-state index < -0.39 is 0 Å². The van der Waals surface area contributed by atoms with Gasteiger partial charge in [-0.05, 0) is 43.7 Å². The van der Waals surface area contributed by atoms with Crippen LogP contribution >= 0.6 is 11.6 Å². The van der Waals surface area contributed by atoms with E-state index in [9.17, 15) is 0 Å². The first-order valence-electron chi connectivity index (χ1n) is 6.16. The molecule has 100 valence electrons. The summed E-state index contributed by atoms with van der Waals surface area (Å²) in [5.41, 5.74) is 8.11. The number of nitrogens with two attached hydrogens (primary N) is 1. The van der Waals surface area contributed by atoms with Crippen molar-refractivity contribution in [3.05, 3.63) is 58.9 Å². The lowest BCUT2D eigenvalue weighted by Gasteiger charge is -2.21. The van der Waals surface area contributed by atoms with Crippen molar-refractivity contribution >= 4 is 11.6 Å². The van der Waals surface area contributed by atoms with Gasteiger partial charge in [-0.15, -0.1) is 0 Å². The average molecular weight is 277 g/mol. The predicted octanol–water partition coefficient (Wildman–Crippen LogP) is 3.51. The van der Waals surface area contributed by atoms with E-state index in [0.29, 0.717) is 5.02 Å². The summed E-state index contributed by atoms with van der Waals surface area (Å²) in [5, 5.41) is 0.648. The number of pyridine rings is 1. The maximum Gasteiger partial charge on any atom is 0.121 e. The zero-order valence-electron chi connectivity index (χ0n) is 11.0. The molecule has 0 saturated carbocycles. The Hall–Kier alpha value is -1.58. The minimum atomic E-state index is -0.230. The van der Waals surface area contributed by atoms with Crippen molar-refractivity contribution in [1.82, 2.24) is 4.98 Å². The number of nitrogens with zero attached hydrogens (tertiary/aromatic N) is 1. The highest BCUT2D eigenvalue weighted by atomic mass is 35.5. The normalized spacial score (nSPS) is 13.9. The van der Waals surface area contributed by atoms with Crippen LogP contribution in [0.15, 0.2) is 42.6 Å². The molecule has 2 N–H and O–H groups in total. The summed E-state index contributed by atoms with van der Waals surface area (Å²) in [5.74, 6) is 0.718. The zero-order valence-corrected chi connectivity index (χ0v) is 11.8. The fourth-order valence-corrected chi connectivity index (χ4v) is 1.96. The number of benzene rings is 1. The van der Waals surface area contributed by atoms with Gasteiger partial charge < -0.3 is 10.5 Å². The number of aromatic nitrogens is 1. The third kappa shape index (κ3) is 3.69. The van der Waals surface area contributed by atoms with E-state index in [4.69, 9.17) is 22.1 Å². The van der Waals surface area contributed by atoms with Crippen molar-refractivity contribution in [3.63, 3.8) is 0 Å². The highest BCUT2D eigenvalue weighted by Crippen LogP contribution is 2.22. The van der Waals surface area contributed by atoms with Crippen LogP contribution in [-0.2, 0) is 0 Å². The highest BCUT2D eigenvalue weighted by molar-refractivity contribution is 6.30. The average Bonchev–Trinajstić information content (AvgIpc) is 2.39. The minimum Gasteiger partial charge on any atom is -0.489 e. The second kappa shape index (κ2) is 6.04. The molecule has 2 aromatic rings. The zero-order chi connectivity index (χ0) is 13.8. The van der Waals surface area contributed by atoms with Crippen molar-refractivity contribution in [2.45, 2.75) is 26.0 Å². The first-order chi connectivity index (χ1) is 9.06. The smallest absolute Gasteiger partial charge is 0.121 e. The first-order valence-corrected chi connectivity index (χ1v) is 6.54. The monoisotopic (exact) mass is 276 g/mol. The molecule has 0 saturated heterocycles. The molecule has 19 heavy (non-hydrogen) atoms. The van der Waals surface area contributed by atoms with Crippen LogP contribution < -0.4 is 10.5 Å². The molecule has 2 rings (SSSR count). The second-order valence-electron chi connectivity index (χ2n) is 4.54. The van der Waals surface area contributed by atoms with E-state index in [-0.39, 0.29) is 12.1 Å². The Bertz CT molecular complexity index is 542. The molecular weight excluding hydrogens is 260 g/mol. The molecule has 2 atom stereocenters. The molecule has 0 amide bonds. The van der Waals surface area contributed by atoms with E-state index in [1.54, 1.807) is 12.3 Å². The lowest BCUT2D eigenvalue weighted by molar-refractivity contribution is 0.190. The standard InChI is InChI=1S/C15H17ClN2O/c1-10-6-7-12(9-18-10)15(17)11(2)19-14-5-3-4-13(16)8-14/h3-9,11,15H,17H2,1-2H3. The molecule has 1 aromatic carbocycles. The lowest BCUT2D eigenvalue weighted by Crippen LogP contribution is -2.28. The third-order valence-electron chi connectivity index (χ3n) is 2.94. The van der Waals surface area contributed by atoms with Crippen LogP contribution in [0.4, 0.5) is 0 Å². The lowest BCUT2D eigenvalue weighted by atomic mass is 10.1. The van der Waals surface area contributed by atoms with Gasteiger partial charge in [0, 0.05) is 16.9 Å². The summed E-state index contributed by atoms with van der Waals surface area (Å²) < 4.78 is 5.80. The number of hydrogen-bond donors (Lipinski definition) is 1. The summed E-state index contributed by atoms with van der Waals surface area (Å²) >= 11 is 5.92. The van der Waals surface area contributed by atoms with Crippen molar-refractivity contribution in [1.29, 1.82) is 0 Å². The van der Waals surface area contributed by atoms with Crippen LogP contribution in [-0.4, -0.2) is 11.1 Å². The van der Waals surface area contributed by atoms with Gasteiger partial charge in [-0.2, -0.15) is 0 Å². The Kier molecular flexibility index (Phi) is 4.40. The van der Waals surface area contributed by atoms with Gasteiger partial charge in [0.15, 0.2) is 0 Å². The van der Waals surface area contributed by atoms with Crippen molar-refractivity contribution in [2.24, 2.45) is 5.73 Å². The largest absolute Gasteiger partial charge is 0.489 e. The topological polar surface area (TPSA) is 48.1 Å². The minimum absolute atomic E-state index is 0.164. The Morgan fingerprint density at radius 1 is 1.26 bits per heavy atom. The van der Waals surface area contributed by atoms with Crippen LogP contribution in [0.25, 0.3) is 0 Å². The number of aryl methyl sites for hydroxylation is 1. The fourth-order valence-electron chi connectivity index (χ4n) is 1.78. The quantitative estimate of drug-likeness (QED) is 0.930. The van der Waals surface area contributed by atoms with E-state index in [2.05, 4.69) is 4.98 Å².